The van der Waals surface area contributed by atoms with Crippen LogP contribution in [-0.2, 0) is 11.3 Å². The molecule has 3 rings (SSSR count). The van der Waals surface area contributed by atoms with Crippen molar-refractivity contribution in [1.29, 1.82) is 0 Å². The molecular weight excluding hydrogens is 390 g/mol. The summed E-state index contributed by atoms with van der Waals surface area (Å²) in [5.41, 5.74) is 1.29. The number of benzene rings is 2. The molecule has 0 spiro atoms. The van der Waals surface area contributed by atoms with Crippen LogP contribution in [0.1, 0.15) is 12.5 Å². The van der Waals surface area contributed by atoms with E-state index in [2.05, 4.69) is 17.0 Å². The molecular formula is C21H25N3O4S. The second-order valence-corrected chi connectivity index (χ2v) is 8.37. The normalized spacial score (nSPS) is 15.7. The Morgan fingerprint density at radius 3 is 2.28 bits per heavy atom. The first-order valence-electron chi connectivity index (χ1n) is 9.51. The highest BCUT2D eigenvalue weighted by molar-refractivity contribution is 8.00. The molecule has 1 amide bonds. The number of nitro benzene ring substituents is 1. The van der Waals surface area contributed by atoms with E-state index in [1.807, 2.05) is 24.0 Å². The predicted molar refractivity (Wildman–Crippen MR) is 113 cm³/mol. The van der Waals surface area contributed by atoms with Crippen LogP contribution < -0.4 is 4.74 Å². The minimum absolute atomic E-state index is 0.0568. The van der Waals surface area contributed by atoms with Gasteiger partial charge < -0.3 is 9.64 Å². The molecule has 1 aliphatic rings. The van der Waals surface area contributed by atoms with E-state index < -0.39 is 4.92 Å². The number of carbonyl (C=O) groups excluding carboxylic acids is 1. The fraction of sp³-hybridized carbons (Fsp3) is 0.381. The number of hydrogen-bond donors (Lipinski definition) is 0. The number of amides is 1. The Balaban J connectivity index is 1.47. The molecule has 0 unspecified atom stereocenters. The molecule has 1 atom stereocenters. The molecule has 0 aliphatic carbocycles. The summed E-state index contributed by atoms with van der Waals surface area (Å²) in [6, 6.07) is 14.4. The summed E-state index contributed by atoms with van der Waals surface area (Å²) < 4.78 is 5.19. The lowest BCUT2D eigenvalue weighted by molar-refractivity contribution is -0.384. The largest absolute Gasteiger partial charge is 0.497 e. The Morgan fingerprint density at radius 2 is 1.72 bits per heavy atom. The fourth-order valence-electron chi connectivity index (χ4n) is 3.27. The average Bonchev–Trinajstić information content (AvgIpc) is 2.74. The molecule has 0 N–H and O–H groups in total. The summed E-state index contributed by atoms with van der Waals surface area (Å²) in [5.74, 6) is 0.959. The standard InChI is InChI=1S/C21H25N3O4S/c1-16(29-20-9-5-18(6-10-20)24(26)27)21(25)23-13-11-22(12-14-23)15-17-3-7-19(28-2)8-4-17/h3-10,16H,11-15H2,1-2H3/t16-/m1/s1. The summed E-state index contributed by atoms with van der Waals surface area (Å²) in [6.07, 6.45) is 0. The van der Waals surface area contributed by atoms with Crippen LogP contribution in [0.25, 0.3) is 0 Å². The summed E-state index contributed by atoms with van der Waals surface area (Å²) in [4.78, 5) is 28.2. The van der Waals surface area contributed by atoms with Crippen LogP contribution in [0.15, 0.2) is 53.4 Å². The van der Waals surface area contributed by atoms with Gasteiger partial charge >= 0.3 is 0 Å². The number of ether oxygens (including phenoxy) is 1. The third-order valence-electron chi connectivity index (χ3n) is 4.96. The molecule has 0 bridgehead atoms. The van der Waals surface area contributed by atoms with Crippen LogP contribution in [0.4, 0.5) is 5.69 Å². The van der Waals surface area contributed by atoms with Crippen LogP contribution in [0.2, 0.25) is 0 Å². The number of nitrogens with zero attached hydrogens (tertiary/aromatic N) is 3. The summed E-state index contributed by atoms with van der Waals surface area (Å²) in [7, 11) is 1.66. The molecule has 0 saturated carbocycles. The number of carbonyl (C=O) groups is 1. The van der Waals surface area contributed by atoms with Gasteiger partial charge in [-0.1, -0.05) is 12.1 Å². The smallest absolute Gasteiger partial charge is 0.269 e. The molecule has 2 aromatic rings. The van der Waals surface area contributed by atoms with Gasteiger partial charge in [-0.2, -0.15) is 0 Å². The molecule has 1 saturated heterocycles. The Labute approximate surface area is 174 Å². The van der Waals surface area contributed by atoms with Crippen LogP contribution in [0.3, 0.4) is 0 Å². The zero-order valence-electron chi connectivity index (χ0n) is 16.6. The molecule has 2 aromatic carbocycles. The van der Waals surface area contributed by atoms with Gasteiger partial charge in [-0.3, -0.25) is 19.8 Å². The molecule has 7 nitrogen and oxygen atoms in total. The third kappa shape index (κ3) is 5.71. The minimum atomic E-state index is -0.422. The van der Waals surface area contributed by atoms with Gasteiger partial charge in [-0.15, -0.1) is 11.8 Å². The van der Waals surface area contributed by atoms with Gasteiger partial charge in [0.2, 0.25) is 5.91 Å². The van der Waals surface area contributed by atoms with Crippen molar-refractivity contribution in [3.05, 3.63) is 64.2 Å². The SMILES string of the molecule is COc1ccc(CN2CCN(C(=O)[C@@H](C)Sc3ccc([N+](=O)[O-])cc3)CC2)cc1. The van der Waals surface area contributed by atoms with Gasteiger partial charge in [0.1, 0.15) is 5.75 Å². The fourth-order valence-corrected chi connectivity index (χ4v) is 4.22. The van der Waals surface area contributed by atoms with Crippen molar-refractivity contribution < 1.29 is 14.5 Å². The number of piperazine rings is 1. The van der Waals surface area contributed by atoms with E-state index in [4.69, 9.17) is 4.74 Å². The van der Waals surface area contributed by atoms with Crippen molar-refractivity contribution in [2.24, 2.45) is 0 Å². The average molecular weight is 416 g/mol. The summed E-state index contributed by atoms with van der Waals surface area (Å²) in [6.45, 7) is 5.84. The van der Waals surface area contributed by atoms with Crippen molar-refractivity contribution in [3.63, 3.8) is 0 Å². The van der Waals surface area contributed by atoms with Crippen LogP contribution in [0, 0.1) is 10.1 Å². The molecule has 1 fully saturated rings. The zero-order chi connectivity index (χ0) is 20.8. The van der Waals surface area contributed by atoms with E-state index >= 15 is 0 Å². The van der Waals surface area contributed by atoms with Crippen molar-refractivity contribution in [2.45, 2.75) is 23.6 Å². The maximum absolute atomic E-state index is 12.8. The highest BCUT2D eigenvalue weighted by Crippen LogP contribution is 2.27. The Hall–Kier alpha value is -2.58. The Kier molecular flexibility index (Phi) is 7.11. The number of methoxy groups -OCH3 is 1. The summed E-state index contributed by atoms with van der Waals surface area (Å²) in [5, 5.41) is 10.5. The first kappa shape index (κ1) is 21.1. The molecule has 1 heterocycles. The van der Waals surface area contributed by atoms with Crippen LogP contribution in [0.5, 0.6) is 5.75 Å². The van der Waals surface area contributed by atoms with E-state index in [1.54, 1.807) is 19.2 Å². The second kappa shape index (κ2) is 9.76. The van der Waals surface area contributed by atoms with Crippen molar-refractivity contribution in [2.75, 3.05) is 33.3 Å². The monoisotopic (exact) mass is 415 g/mol. The van der Waals surface area contributed by atoms with Crippen molar-refractivity contribution >= 4 is 23.4 Å². The zero-order valence-corrected chi connectivity index (χ0v) is 17.4. The van der Waals surface area contributed by atoms with E-state index in [9.17, 15) is 14.9 Å². The predicted octanol–water partition coefficient (Wildman–Crippen LogP) is 3.43. The highest BCUT2D eigenvalue weighted by Gasteiger charge is 2.25. The maximum atomic E-state index is 12.8. The molecule has 0 aromatic heterocycles. The van der Waals surface area contributed by atoms with Gasteiger partial charge in [0.05, 0.1) is 17.3 Å². The quantitative estimate of drug-likeness (QED) is 0.392. The van der Waals surface area contributed by atoms with E-state index in [1.165, 1.54) is 29.5 Å². The lowest BCUT2D eigenvalue weighted by Crippen LogP contribution is -2.50. The molecule has 1 aliphatic heterocycles. The van der Waals surface area contributed by atoms with Gasteiger partial charge in [0.15, 0.2) is 0 Å². The van der Waals surface area contributed by atoms with Gasteiger partial charge in [0, 0.05) is 49.8 Å². The third-order valence-corrected chi connectivity index (χ3v) is 6.06. The molecule has 154 valence electrons. The minimum Gasteiger partial charge on any atom is -0.497 e. The molecule has 0 radical (unpaired) electrons. The van der Waals surface area contributed by atoms with Crippen LogP contribution in [-0.4, -0.2) is 59.2 Å². The number of nitro groups is 1. The van der Waals surface area contributed by atoms with Gasteiger partial charge in [-0.25, -0.2) is 0 Å². The number of hydrogen-bond acceptors (Lipinski definition) is 6. The Bertz CT molecular complexity index is 834. The number of rotatable bonds is 7. The topological polar surface area (TPSA) is 75.9 Å². The van der Waals surface area contributed by atoms with Gasteiger partial charge in [0.25, 0.3) is 5.69 Å². The molecule has 8 heteroatoms. The lowest BCUT2D eigenvalue weighted by atomic mass is 10.2. The molecule has 29 heavy (non-hydrogen) atoms. The number of non-ortho nitro benzene ring substituents is 1. The first-order valence-corrected chi connectivity index (χ1v) is 10.4. The highest BCUT2D eigenvalue weighted by atomic mass is 32.2. The first-order chi connectivity index (χ1) is 14.0. The summed E-state index contributed by atoms with van der Waals surface area (Å²) >= 11 is 1.43. The lowest BCUT2D eigenvalue weighted by Gasteiger charge is -2.36. The van der Waals surface area contributed by atoms with E-state index in [0.717, 1.165) is 30.3 Å². The second-order valence-electron chi connectivity index (χ2n) is 6.96. The van der Waals surface area contributed by atoms with E-state index in [-0.39, 0.29) is 16.8 Å². The van der Waals surface area contributed by atoms with Gasteiger partial charge in [-0.05, 0) is 36.8 Å². The Morgan fingerprint density at radius 1 is 1.10 bits per heavy atom. The van der Waals surface area contributed by atoms with Crippen molar-refractivity contribution in [3.8, 4) is 5.75 Å². The van der Waals surface area contributed by atoms with Crippen LogP contribution >= 0.6 is 11.8 Å². The van der Waals surface area contributed by atoms with E-state index in [0.29, 0.717) is 13.1 Å². The maximum Gasteiger partial charge on any atom is 0.269 e. The number of thioether (sulfide) groups is 1. The van der Waals surface area contributed by atoms with Crippen molar-refractivity contribution in [1.82, 2.24) is 9.80 Å².